The van der Waals surface area contributed by atoms with Gasteiger partial charge < -0.3 is 14.9 Å². The second kappa shape index (κ2) is 6.00. The predicted molar refractivity (Wildman–Crippen MR) is 74.0 cm³/mol. The molecule has 1 aliphatic heterocycles. The third-order valence-electron chi connectivity index (χ3n) is 3.64. The molecule has 1 aliphatic rings. The molecule has 0 aliphatic carbocycles. The van der Waals surface area contributed by atoms with Gasteiger partial charge in [-0.2, -0.15) is 0 Å². The maximum atomic E-state index is 12.3. The van der Waals surface area contributed by atoms with Crippen LogP contribution in [0.1, 0.15) is 33.5 Å². The number of carbonyl (C=O) groups is 2. The average Bonchev–Trinajstić information content (AvgIpc) is 2.46. The Kier molecular flexibility index (Phi) is 4.34. The number of amides is 1. The lowest BCUT2D eigenvalue weighted by Crippen LogP contribution is -2.48. The number of carbonyl (C=O) groups excluding carboxylic acids is 1. The Morgan fingerprint density at radius 2 is 1.90 bits per heavy atom. The monoisotopic (exact) mass is 277 g/mol. The van der Waals surface area contributed by atoms with Gasteiger partial charge in [-0.05, 0) is 25.6 Å². The van der Waals surface area contributed by atoms with Crippen molar-refractivity contribution in [1.82, 2.24) is 14.8 Å². The number of aryl methyl sites for hydroxylation is 1. The Morgan fingerprint density at radius 3 is 2.40 bits per heavy atom. The number of nitrogens with zero attached hydrogens (tertiary/aromatic N) is 3. The molecular weight excluding hydrogens is 258 g/mol. The van der Waals surface area contributed by atoms with E-state index in [4.69, 9.17) is 5.11 Å². The Bertz CT molecular complexity index is 522. The van der Waals surface area contributed by atoms with E-state index in [0.717, 1.165) is 19.6 Å². The second-order valence-electron chi connectivity index (χ2n) is 4.86. The van der Waals surface area contributed by atoms with Crippen molar-refractivity contribution in [3.63, 3.8) is 0 Å². The quantitative estimate of drug-likeness (QED) is 0.887. The van der Waals surface area contributed by atoms with Crippen molar-refractivity contribution in [3.05, 3.63) is 29.1 Å². The zero-order chi connectivity index (χ0) is 14.7. The zero-order valence-electron chi connectivity index (χ0n) is 11.8. The van der Waals surface area contributed by atoms with Crippen LogP contribution in [0, 0.1) is 6.92 Å². The summed E-state index contributed by atoms with van der Waals surface area (Å²) in [5.74, 6) is -1.15. The van der Waals surface area contributed by atoms with Gasteiger partial charge in [0.25, 0.3) is 5.91 Å². The summed E-state index contributed by atoms with van der Waals surface area (Å²) in [5, 5.41) is 8.96. The number of piperazine rings is 1. The van der Waals surface area contributed by atoms with E-state index in [1.54, 1.807) is 11.8 Å². The molecule has 1 amide bonds. The molecule has 1 saturated heterocycles. The van der Waals surface area contributed by atoms with Crippen LogP contribution in [0.2, 0.25) is 0 Å². The maximum absolute atomic E-state index is 12.3. The summed E-state index contributed by atoms with van der Waals surface area (Å²) < 4.78 is 0. The standard InChI is InChI=1S/C14H19N3O3/c1-3-16-6-8-17(9-7-16)13(18)12-5-4-11(14(19)20)10(2)15-12/h4-5H,3,6-9H2,1-2H3,(H,19,20). The summed E-state index contributed by atoms with van der Waals surface area (Å²) in [7, 11) is 0. The van der Waals surface area contributed by atoms with Gasteiger partial charge in [0.05, 0.1) is 11.3 Å². The summed E-state index contributed by atoms with van der Waals surface area (Å²) >= 11 is 0. The van der Waals surface area contributed by atoms with Gasteiger partial charge in [-0.3, -0.25) is 4.79 Å². The molecule has 6 nitrogen and oxygen atoms in total. The van der Waals surface area contributed by atoms with Gasteiger partial charge in [-0.25, -0.2) is 9.78 Å². The third-order valence-corrected chi connectivity index (χ3v) is 3.64. The fraction of sp³-hybridized carbons (Fsp3) is 0.500. The van der Waals surface area contributed by atoms with Crippen molar-refractivity contribution in [2.75, 3.05) is 32.7 Å². The summed E-state index contributed by atoms with van der Waals surface area (Å²) in [6.07, 6.45) is 0. The van der Waals surface area contributed by atoms with Crippen LogP contribution in [-0.4, -0.2) is 64.5 Å². The first kappa shape index (κ1) is 14.5. The van der Waals surface area contributed by atoms with Crippen LogP contribution in [0.25, 0.3) is 0 Å². The molecule has 20 heavy (non-hydrogen) atoms. The van der Waals surface area contributed by atoms with Gasteiger partial charge >= 0.3 is 5.97 Å². The van der Waals surface area contributed by atoms with Crippen LogP contribution in [-0.2, 0) is 0 Å². The molecule has 1 aromatic heterocycles. The van der Waals surface area contributed by atoms with E-state index in [9.17, 15) is 9.59 Å². The highest BCUT2D eigenvalue weighted by atomic mass is 16.4. The molecule has 6 heteroatoms. The molecule has 0 atom stereocenters. The summed E-state index contributed by atoms with van der Waals surface area (Å²) in [6.45, 7) is 7.82. The Labute approximate surface area is 118 Å². The molecule has 2 rings (SSSR count). The number of carboxylic acids is 1. The smallest absolute Gasteiger partial charge is 0.337 e. The molecule has 2 heterocycles. The summed E-state index contributed by atoms with van der Waals surface area (Å²) in [4.78, 5) is 31.4. The number of aromatic carboxylic acids is 1. The van der Waals surface area contributed by atoms with Crippen LogP contribution in [0.4, 0.5) is 0 Å². The van der Waals surface area contributed by atoms with Gasteiger partial charge in [0.15, 0.2) is 0 Å². The minimum Gasteiger partial charge on any atom is -0.478 e. The molecule has 108 valence electrons. The second-order valence-corrected chi connectivity index (χ2v) is 4.86. The fourth-order valence-electron chi connectivity index (χ4n) is 2.34. The lowest BCUT2D eigenvalue weighted by atomic mass is 10.1. The molecule has 0 bridgehead atoms. The van der Waals surface area contributed by atoms with Crippen LogP contribution >= 0.6 is 0 Å². The van der Waals surface area contributed by atoms with Crippen molar-refractivity contribution >= 4 is 11.9 Å². The van der Waals surface area contributed by atoms with Crippen molar-refractivity contribution in [1.29, 1.82) is 0 Å². The van der Waals surface area contributed by atoms with E-state index in [0.29, 0.717) is 24.5 Å². The van der Waals surface area contributed by atoms with Gasteiger partial charge in [0.1, 0.15) is 5.69 Å². The molecule has 1 fully saturated rings. The lowest BCUT2D eigenvalue weighted by Gasteiger charge is -2.33. The van der Waals surface area contributed by atoms with Gasteiger partial charge in [-0.1, -0.05) is 6.92 Å². The highest BCUT2D eigenvalue weighted by molar-refractivity contribution is 5.94. The van der Waals surface area contributed by atoms with Crippen molar-refractivity contribution in [2.24, 2.45) is 0 Å². The van der Waals surface area contributed by atoms with E-state index < -0.39 is 5.97 Å². The number of likely N-dealkylation sites (N-methyl/N-ethyl adjacent to an activating group) is 1. The molecule has 0 saturated carbocycles. The highest BCUT2D eigenvalue weighted by Gasteiger charge is 2.23. The maximum Gasteiger partial charge on any atom is 0.337 e. The van der Waals surface area contributed by atoms with Gasteiger partial charge in [-0.15, -0.1) is 0 Å². The predicted octanol–water partition coefficient (Wildman–Crippen LogP) is 0.866. The number of hydrogen-bond acceptors (Lipinski definition) is 4. The number of carboxylic acid groups (broad SMARTS) is 1. The lowest BCUT2D eigenvalue weighted by molar-refractivity contribution is 0.0633. The van der Waals surface area contributed by atoms with Crippen LogP contribution < -0.4 is 0 Å². The Morgan fingerprint density at radius 1 is 1.25 bits per heavy atom. The van der Waals surface area contributed by atoms with E-state index in [1.807, 2.05) is 0 Å². The van der Waals surface area contributed by atoms with E-state index in [-0.39, 0.29) is 11.5 Å². The van der Waals surface area contributed by atoms with Crippen molar-refractivity contribution in [3.8, 4) is 0 Å². The van der Waals surface area contributed by atoms with Gasteiger partial charge in [0, 0.05) is 26.2 Å². The molecule has 1 aromatic rings. The minimum absolute atomic E-state index is 0.124. The summed E-state index contributed by atoms with van der Waals surface area (Å²) in [6, 6.07) is 2.94. The number of hydrogen-bond donors (Lipinski definition) is 1. The van der Waals surface area contributed by atoms with Crippen LogP contribution in [0.5, 0.6) is 0 Å². The first-order chi connectivity index (χ1) is 9.52. The SMILES string of the molecule is CCN1CCN(C(=O)c2ccc(C(=O)O)c(C)n2)CC1. The van der Waals surface area contributed by atoms with Crippen molar-refractivity contribution in [2.45, 2.75) is 13.8 Å². The molecule has 1 N–H and O–H groups in total. The number of aromatic nitrogens is 1. The third kappa shape index (κ3) is 2.96. The van der Waals surface area contributed by atoms with E-state index >= 15 is 0 Å². The number of rotatable bonds is 3. The zero-order valence-corrected chi connectivity index (χ0v) is 11.8. The largest absolute Gasteiger partial charge is 0.478 e. The molecule has 0 spiro atoms. The minimum atomic E-state index is -1.02. The highest BCUT2D eigenvalue weighted by Crippen LogP contribution is 2.11. The average molecular weight is 277 g/mol. The summed E-state index contributed by atoms with van der Waals surface area (Å²) in [5.41, 5.74) is 0.824. The Balaban J connectivity index is 2.10. The first-order valence-electron chi connectivity index (χ1n) is 6.75. The topological polar surface area (TPSA) is 73.7 Å². The molecule has 0 radical (unpaired) electrons. The van der Waals surface area contributed by atoms with Gasteiger partial charge in [0.2, 0.25) is 0 Å². The molecular formula is C14H19N3O3. The van der Waals surface area contributed by atoms with Crippen LogP contribution in [0.15, 0.2) is 12.1 Å². The normalized spacial score (nSPS) is 16.2. The van der Waals surface area contributed by atoms with E-state index in [1.165, 1.54) is 12.1 Å². The fourth-order valence-corrected chi connectivity index (χ4v) is 2.34. The van der Waals surface area contributed by atoms with E-state index in [2.05, 4.69) is 16.8 Å². The first-order valence-corrected chi connectivity index (χ1v) is 6.75. The number of pyridine rings is 1. The van der Waals surface area contributed by atoms with Crippen molar-refractivity contribution < 1.29 is 14.7 Å². The molecule has 0 aromatic carbocycles. The Hall–Kier alpha value is -1.95. The van der Waals surface area contributed by atoms with Crippen LogP contribution in [0.3, 0.4) is 0 Å². The molecule has 0 unspecified atom stereocenters.